The van der Waals surface area contributed by atoms with Crippen molar-refractivity contribution in [2.24, 2.45) is 0 Å². The first-order valence-corrected chi connectivity index (χ1v) is 3.88. The molecule has 0 amide bonds. The number of alkyl halides is 6. The first-order chi connectivity index (χ1) is 6.49. The highest BCUT2D eigenvalue weighted by atomic mass is 19.4. The van der Waals surface area contributed by atoms with Crippen molar-refractivity contribution in [3.8, 4) is 0 Å². The van der Waals surface area contributed by atoms with Crippen molar-refractivity contribution in [3.63, 3.8) is 0 Å². The van der Waals surface area contributed by atoms with Crippen molar-refractivity contribution >= 4 is 6.34 Å². The summed E-state index contributed by atoms with van der Waals surface area (Å²) in [6.45, 7) is -2.57. The van der Waals surface area contributed by atoms with Gasteiger partial charge in [-0.1, -0.05) is 0 Å². The zero-order valence-corrected chi connectivity index (χ0v) is 8.15. The molecule has 0 aromatic rings. The average molecular weight is 237 g/mol. The van der Waals surface area contributed by atoms with Gasteiger partial charge in [0.25, 0.3) is 0 Å². The topological polar surface area (TPSA) is 6.25 Å². The van der Waals surface area contributed by atoms with Crippen LogP contribution in [0.2, 0.25) is 0 Å². The van der Waals surface area contributed by atoms with Gasteiger partial charge in [0, 0.05) is 0 Å². The molecule has 0 aromatic heterocycles. The Balaban J connectivity index is 4.24. The summed E-state index contributed by atoms with van der Waals surface area (Å²) in [6.07, 6.45) is -8.09. The van der Waals surface area contributed by atoms with Gasteiger partial charge in [0.1, 0.15) is 0 Å². The van der Waals surface area contributed by atoms with Crippen LogP contribution in [0.25, 0.3) is 0 Å². The van der Waals surface area contributed by atoms with Crippen LogP contribution in [-0.4, -0.2) is 55.4 Å². The monoisotopic (exact) mass is 237 g/mol. The summed E-state index contributed by atoms with van der Waals surface area (Å²) in [5.74, 6) is 0. The second-order valence-corrected chi connectivity index (χ2v) is 3.18. The van der Waals surface area contributed by atoms with Crippen LogP contribution in [0, 0.1) is 0 Å². The molecule has 2 nitrogen and oxygen atoms in total. The quantitative estimate of drug-likeness (QED) is 0.313. The Morgan fingerprint density at radius 1 is 1.07 bits per heavy atom. The molecule has 0 aliphatic rings. The molecule has 0 fully saturated rings. The maximum atomic E-state index is 11.8. The van der Waals surface area contributed by atoms with Gasteiger partial charge in [0.15, 0.2) is 13.1 Å². The van der Waals surface area contributed by atoms with Gasteiger partial charge in [-0.25, -0.2) is 0 Å². The van der Waals surface area contributed by atoms with Gasteiger partial charge in [-0.2, -0.15) is 26.3 Å². The Morgan fingerprint density at radius 2 is 1.53 bits per heavy atom. The zero-order chi connectivity index (χ0) is 12.3. The van der Waals surface area contributed by atoms with Gasteiger partial charge in [0.05, 0.1) is 14.1 Å². The Kier molecular flexibility index (Phi) is 4.42. The van der Waals surface area contributed by atoms with E-state index in [1.165, 1.54) is 0 Å². The Labute approximate surface area is 82.8 Å². The van der Waals surface area contributed by atoms with E-state index in [0.29, 0.717) is 9.48 Å². The second-order valence-electron chi connectivity index (χ2n) is 3.18. The van der Waals surface area contributed by atoms with E-state index in [1.807, 2.05) is 0 Å². The minimum Gasteiger partial charge on any atom is -0.262 e. The summed E-state index contributed by atoms with van der Waals surface area (Å²) in [5, 5.41) is 0. The predicted octanol–water partition coefficient (Wildman–Crippen LogP) is 1.71. The number of nitrogens with zero attached hydrogens (tertiary/aromatic N) is 2. The van der Waals surface area contributed by atoms with E-state index in [-0.39, 0.29) is 0 Å². The Bertz CT molecular complexity index is 229. The molecule has 0 spiro atoms. The lowest BCUT2D eigenvalue weighted by Gasteiger charge is -2.12. The van der Waals surface area contributed by atoms with Gasteiger partial charge in [0.2, 0.25) is 6.34 Å². The minimum absolute atomic E-state index is 0.645. The van der Waals surface area contributed by atoms with Crippen molar-refractivity contribution in [1.29, 1.82) is 0 Å². The highest BCUT2D eigenvalue weighted by Crippen LogP contribution is 2.15. The largest absolute Gasteiger partial charge is 0.425 e. The van der Waals surface area contributed by atoms with Crippen molar-refractivity contribution in [3.05, 3.63) is 0 Å². The standard InChI is InChI=1S/C7H11F6N2/c1-14(3-6(8,9)10)5-15(2)4-7(11,12)13/h5H,3-4H2,1-2H3/q+1. The summed E-state index contributed by atoms with van der Waals surface area (Å²) < 4.78 is 71.4. The zero-order valence-electron chi connectivity index (χ0n) is 8.15. The summed E-state index contributed by atoms with van der Waals surface area (Å²) in [5.41, 5.74) is 0. The van der Waals surface area contributed by atoms with Crippen molar-refractivity contribution in [2.75, 3.05) is 27.2 Å². The third-order valence-corrected chi connectivity index (χ3v) is 1.25. The molecule has 0 aliphatic heterocycles. The summed E-state index contributed by atoms with van der Waals surface area (Å²) in [7, 11) is 2.11. The summed E-state index contributed by atoms with van der Waals surface area (Å²) in [4.78, 5) is 0.645. The van der Waals surface area contributed by atoms with Gasteiger partial charge < -0.3 is 0 Å². The molecular weight excluding hydrogens is 226 g/mol. The van der Waals surface area contributed by atoms with E-state index in [2.05, 4.69) is 0 Å². The molecule has 0 aliphatic carbocycles. The predicted molar refractivity (Wildman–Crippen MR) is 41.9 cm³/mol. The van der Waals surface area contributed by atoms with Crippen LogP contribution in [0.5, 0.6) is 0 Å². The third kappa shape index (κ3) is 9.36. The molecule has 0 saturated heterocycles. The fraction of sp³-hybridized carbons (Fsp3) is 0.857. The lowest BCUT2D eigenvalue weighted by atomic mass is 10.5. The molecule has 90 valence electrons. The molecule has 0 atom stereocenters. The second kappa shape index (κ2) is 4.71. The van der Waals surface area contributed by atoms with Gasteiger partial charge in [-0.15, -0.1) is 0 Å². The van der Waals surface area contributed by atoms with Gasteiger partial charge in [-0.05, 0) is 0 Å². The fourth-order valence-corrected chi connectivity index (χ4v) is 0.984. The molecule has 0 unspecified atom stereocenters. The average Bonchev–Trinajstić information content (AvgIpc) is 1.73. The fourth-order valence-electron chi connectivity index (χ4n) is 0.984. The van der Waals surface area contributed by atoms with E-state index in [1.54, 1.807) is 0 Å². The number of hydrogen-bond acceptors (Lipinski definition) is 0. The highest BCUT2D eigenvalue weighted by molar-refractivity contribution is 5.48. The smallest absolute Gasteiger partial charge is 0.262 e. The molecular formula is C7H11F6N2+. The maximum absolute atomic E-state index is 11.8. The maximum Gasteiger partial charge on any atom is 0.425 e. The first kappa shape index (κ1) is 14.0. The lowest BCUT2D eigenvalue weighted by molar-refractivity contribution is -0.531. The number of rotatable bonds is 3. The van der Waals surface area contributed by atoms with Crippen LogP contribution in [-0.2, 0) is 0 Å². The molecule has 0 N–H and O–H groups in total. The lowest BCUT2D eigenvalue weighted by Crippen LogP contribution is -2.35. The first-order valence-electron chi connectivity index (χ1n) is 3.88. The van der Waals surface area contributed by atoms with Crippen LogP contribution in [0.1, 0.15) is 0 Å². The Hall–Kier alpha value is -0.950. The SMILES string of the molecule is CN(C=[N+](C)CC(F)(F)F)CC(F)(F)F. The van der Waals surface area contributed by atoms with Crippen molar-refractivity contribution < 1.29 is 30.9 Å². The van der Waals surface area contributed by atoms with Crippen LogP contribution in [0.4, 0.5) is 26.3 Å². The van der Waals surface area contributed by atoms with Crippen molar-refractivity contribution in [1.82, 2.24) is 4.90 Å². The minimum atomic E-state index is -4.43. The number of hydrogen-bond donors (Lipinski definition) is 0. The molecule has 8 heteroatoms. The van der Waals surface area contributed by atoms with E-state index in [4.69, 9.17) is 0 Å². The third-order valence-electron chi connectivity index (χ3n) is 1.25. The molecule has 0 saturated carbocycles. The van der Waals surface area contributed by atoms with E-state index >= 15 is 0 Å². The summed E-state index contributed by atoms with van der Waals surface area (Å²) >= 11 is 0. The van der Waals surface area contributed by atoms with E-state index in [9.17, 15) is 26.3 Å². The number of halogens is 6. The van der Waals surface area contributed by atoms with Gasteiger partial charge >= 0.3 is 12.4 Å². The highest BCUT2D eigenvalue weighted by Gasteiger charge is 2.33. The van der Waals surface area contributed by atoms with Crippen LogP contribution < -0.4 is 0 Å². The van der Waals surface area contributed by atoms with E-state index < -0.39 is 25.4 Å². The molecule has 0 rings (SSSR count). The van der Waals surface area contributed by atoms with Crippen LogP contribution >= 0.6 is 0 Å². The van der Waals surface area contributed by atoms with Gasteiger partial charge in [-0.3, -0.25) is 9.48 Å². The molecule has 0 aromatic carbocycles. The molecule has 0 heterocycles. The van der Waals surface area contributed by atoms with Crippen LogP contribution in [0.3, 0.4) is 0 Å². The van der Waals surface area contributed by atoms with Crippen LogP contribution in [0.15, 0.2) is 0 Å². The molecule has 0 bridgehead atoms. The molecule has 0 radical (unpaired) electrons. The summed E-state index contributed by atoms with van der Waals surface area (Å²) in [6, 6.07) is 0. The molecule has 15 heavy (non-hydrogen) atoms. The normalized spacial score (nSPS) is 14.3. The van der Waals surface area contributed by atoms with E-state index in [0.717, 1.165) is 20.4 Å². The Morgan fingerprint density at radius 3 is 1.87 bits per heavy atom. The van der Waals surface area contributed by atoms with Crippen molar-refractivity contribution in [2.45, 2.75) is 12.4 Å².